The number of likely N-dealkylation sites (tertiary alicyclic amines) is 1. The van der Waals surface area contributed by atoms with Crippen molar-refractivity contribution in [2.45, 2.75) is 38.5 Å². The highest BCUT2D eigenvalue weighted by Crippen LogP contribution is 2.19. The molecule has 0 saturated carbocycles. The molecule has 4 heteroatoms. The Morgan fingerprint density at radius 3 is 2.71 bits per heavy atom. The zero-order valence-electron chi connectivity index (χ0n) is 12.7. The fourth-order valence-corrected chi connectivity index (χ4v) is 2.80. The molecular formula is C17H24N2O2. The van der Waals surface area contributed by atoms with Crippen LogP contribution in [0.15, 0.2) is 30.3 Å². The Kier molecular flexibility index (Phi) is 5.78. The first kappa shape index (κ1) is 15.5. The maximum Gasteiger partial charge on any atom is 0.227 e. The SMILES string of the molecule is CC[C@@H](C(=O)NCCCN1CCCC1=O)c1ccccc1. The van der Waals surface area contributed by atoms with Crippen molar-refractivity contribution in [2.75, 3.05) is 19.6 Å². The summed E-state index contributed by atoms with van der Waals surface area (Å²) in [5.74, 6) is 0.244. The van der Waals surface area contributed by atoms with E-state index in [4.69, 9.17) is 0 Å². The van der Waals surface area contributed by atoms with E-state index in [0.717, 1.165) is 37.9 Å². The van der Waals surface area contributed by atoms with E-state index in [1.54, 1.807) is 0 Å². The van der Waals surface area contributed by atoms with Gasteiger partial charge in [-0.1, -0.05) is 37.3 Å². The van der Waals surface area contributed by atoms with Gasteiger partial charge in [0.2, 0.25) is 11.8 Å². The van der Waals surface area contributed by atoms with Crippen LogP contribution >= 0.6 is 0 Å². The van der Waals surface area contributed by atoms with Gasteiger partial charge in [0.15, 0.2) is 0 Å². The Bertz CT molecular complexity index is 473. The van der Waals surface area contributed by atoms with Crippen LogP contribution in [0, 0.1) is 0 Å². The molecule has 114 valence electrons. The minimum Gasteiger partial charge on any atom is -0.356 e. The first-order valence-electron chi connectivity index (χ1n) is 7.82. The Labute approximate surface area is 126 Å². The number of hydrogen-bond acceptors (Lipinski definition) is 2. The van der Waals surface area contributed by atoms with Crippen molar-refractivity contribution in [3.63, 3.8) is 0 Å². The summed E-state index contributed by atoms with van der Waals surface area (Å²) in [7, 11) is 0. The molecule has 1 saturated heterocycles. The van der Waals surface area contributed by atoms with Crippen LogP contribution in [0.2, 0.25) is 0 Å². The van der Waals surface area contributed by atoms with E-state index in [1.165, 1.54) is 0 Å². The molecule has 0 aromatic heterocycles. The lowest BCUT2D eigenvalue weighted by Gasteiger charge is -2.17. The van der Waals surface area contributed by atoms with Gasteiger partial charge in [0.05, 0.1) is 5.92 Å². The zero-order chi connectivity index (χ0) is 15.1. The van der Waals surface area contributed by atoms with Gasteiger partial charge in [-0.3, -0.25) is 9.59 Å². The molecule has 1 aliphatic rings. The Hall–Kier alpha value is -1.84. The van der Waals surface area contributed by atoms with Gasteiger partial charge >= 0.3 is 0 Å². The predicted molar refractivity (Wildman–Crippen MR) is 82.9 cm³/mol. The van der Waals surface area contributed by atoms with Crippen LogP contribution < -0.4 is 5.32 Å². The molecule has 0 bridgehead atoms. The van der Waals surface area contributed by atoms with Gasteiger partial charge in [-0.2, -0.15) is 0 Å². The molecule has 1 atom stereocenters. The molecule has 1 aromatic rings. The zero-order valence-corrected chi connectivity index (χ0v) is 12.7. The predicted octanol–water partition coefficient (Wildman–Crippen LogP) is 2.31. The van der Waals surface area contributed by atoms with Crippen LogP contribution in [-0.4, -0.2) is 36.3 Å². The first-order chi connectivity index (χ1) is 10.2. The lowest BCUT2D eigenvalue weighted by Crippen LogP contribution is -2.33. The fraction of sp³-hybridized carbons (Fsp3) is 0.529. The van der Waals surface area contributed by atoms with Crippen LogP contribution in [0.4, 0.5) is 0 Å². The second kappa shape index (κ2) is 7.81. The summed E-state index contributed by atoms with van der Waals surface area (Å²) in [6.07, 6.45) is 3.26. The highest BCUT2D eigenvalue weighted by Gasteiger charge is 2.20. The number of nitrogens with one attached hydrogen (secondary N) is 1. The number of carbonyl (C=O) groups excluding carboxylic acids is 2. The van der Waals surface area contributed by atoms with Gasteiger partial charge in [-0.05, 0) is 24.8 Å². The molecule has 0 spiro atoms. The van der Waals surface area contributed by atoms with Gasteiger partial charge in [0.1, 0.15) is 0 Å². The molecule has 2 amide bonds. The van der Waals surface area contributed by atoms with Crippen molar-refractivity contribution in [3.05, 3.63) is 35.9 Å². The summed E-state index contributed by atoms with van der Waals surface area (Å²) in [5, 5.41) is 2.99. The molecule has 2 rings (SSSR count). The molecule has 1 aromatic carbocycles. The van der Waals surface area contributed by atoms with E-state index in [-0.39, 0.29) is 17.7 Å². The lowest BCUT2D eigenvalue weighted by molar-refractivity contribution is -0.127. The van der Waals surface area contributed by atoms with E-state index in [1.807, 2.05) is 42.2 Å². The second-order valence-electron chi connectivity index (χ2n) is 5.50. The molecule has 1 aliphatic heterocycles. The van der Waals surface area contributed by atoms with Crippen molar-refractivity contribution >= 4 is 11.8 Å². The van der Waals surface area contributed by atoms with Crippen LogP contribution in [-0.2, 0) is 9.59 Å². The van der Waals surface area contributed by atoms with Gasteiger partial charge in [0.25, 0.3) is 0 Å². The molecule has 21 heavy (non-hydrogen) atoms. The molecule has 0 radical (unpaired) electrons. The third-order valence-electron chi connectivity index (χ3n) is 4.00. The van der Waals surface area contributed by atoms with Crippen molar-refractivity contribution in [1.29, 1.82) is 0 Å². The minimum absolute atomic E-state index is 0.0800. The van der Waals surface area contributed by atoms with Crippen molar-refractivity contribution in [2.24, 2.45) is 0 Å². The van der Waals surface area contributed by atoms with Crippen LogP contribution in [0.3, 0.4) is 0 Å². The fourth-order valence-electron chi connectivity index (χ4n) is 2.80. The molecule has 0 aliphatic carbocycles. The van der Waals surface area contributed by atoms with E-state index >= 15 is 0 Å². The smallest absolute Gasteiger partial charge is 0.227 e. The van der Waals surface area contributed by atoms with Crippen LogP contribution in [0.5, 0.6) is 0 Å². The van der Waals surface area contributed by atoms with Crippen LogP contribution in [0.1, 0.15) is 44.1 Å². The highest BCUT2D eigenvalue weighted by molar-refractivity contribution is 5.83. The third-order valence-corrected chi connectivity index (χ3v) is 4.00. The monoisotopic (exact) mass is 288 g/mol. The van der Waals surface area contributed by atoms with E-state index in [0.29, 0.717) is 13.0 Å². The van der Waals surface area contributed by atoms with Crippen molar-refractivity contribution < 1.29 is 9.59 Å². The standard InChI is InChI=1S/C17H24N2O2/c1-2-15(14-8-4-3-5-9-14)17(21)18-11-7-13-19-12-6-10-16(19)20/h3-5,8-9,15H,2,6-7,10-13H2,1H3,(H,18,21)/t15-/m1/s1. The first-order valence-corrected chi connectivity index (χ1v) is 7.82. The summed E-state index contributed by atoms with van der Waals surface area (Å²) in [6.45, 7) is 4.28. The largest absolute Gasteiger partial charge is 0.356 e. The molecule has 1 heterocycles. The Morgan fingerprint density at radius 1 is 1.33 bits per heavy atom. The summed E-state index contributed by atoms with van der Waals surface area (Å²) >= 11 is 0. The summed E-state index contributed by atoms with van der Waals surface area (Å²) in [6, 6.07) is 9.88. The van der Waals surface area contributed by atoms with E-state index < -0.39 is 0 Å². The number of benzene rings is 1. The number of carbonyl (C=O) groups is 2. The maximum absolute atomic E-state index is 12.2. The van der Waals surface area contributed by atoms with Crippen molar-refractivity contribution in [1.82, 2.24) is 10.2 Å². The Balaban J connectivity index is 1.74. The quantitative estimate of drug-likeness (QED) is 0.783. The average molecular weight is 288 g/mol. The Morgan fingerprint density at radius 2 is 2.10 bits per heavy atom. The number of nitrogens with zero attached hydrogens (tertiary/aromatic N) is 1. The molecule has 1 fully saturated rings. The normalized spacial score (nSPS) is 16.0. The maximum atomic E-state index is 12.2. The number of hydrogen-bond donors (Lipinski definition) is 1. The third kappa shape index (κ3) is 4.31. The number of amides is 2. The minimum atomic E-state index is -0.0837. The van der Waals surface area contributed by atoms with Gasteiger partial charge in [-0.25, -0.2) is 0 Å². The summed E-state index contributed by atoms with van der Waals surface area (Å²) < 4.78 is 0. The van der Waals surface area contributed by atoms with E-state index in [2.05, 4.69) is 5.32 Å². The highest BCUT2D eigenvalue weighted by atomic mass is 16.2. The van der Waals surface area contributed by atoms with Gasteiger partial charge in [0, 0.05) is 26.1 Å². The average Bonchev–Trinajstić information content (AvgIpc) is 2.91. The number of rotatable bonds is 7. The van der Waals surface area contributed by atoms with E-state index in [9.17, 15) is 9.59 Å². The van der Waals surface area contributed by atoms with Crippen LogP contribution in [0.25, 0.3) is 0 Å². The summed E-state index contributed by atoms with van der Waals surface area (Å²) in [4.78, 5) is 25.6. The summed E-state index contributed by atoms with van der Waals surface area (Å²) in [5.41, 5.74) is 1.06. The van der Waals surface area contributed by atoms with Gasteiger partial charge < -0.3 is 10.2 Å². The second-order valence-corrected chi connectivity index (χ2v) is 5.50. The molecule has 0 unspecified atom stereocenters. The lowest BCUT2D eigenvalue weighted by atomic mass is 9.96. The van der Waals surface area contributed by atoms with Gasteiger partial charge in [-0.15, -0.1) is 0 Å². The molecule has 4 nitrogen and oxygen atoms in total. The topological polar surface area (TPSA) is 49.4 Å². The molecular weight excluding hydrogens is 264 g/mol. The molecule has 1 N–H and O–H groups in total. The van der Waals surface area contributed by atoms with Crippen molar-refractivity contribution in [3.8, 4) is 0 Å².